The van der Waals surface area contributed by atoms with E-state index in [-0.39, 0.29) is 11.8 Å². The second kappa shape index (κ2) is 6.01. The monoisotopic (exact) mass is 246 g/mol. The van der Waals surface area contributed by atoms with Gasteiger partial charge < -0.3 is 5.73 Å². The summed E-state index contributed by atoms with van der Waals surface area (Å²) in [7, 11) is 0. The fourth-order valence-corrected chi connectivity index (χ4v) is 2.71. The van der Waals surface area contributed by atoms with E-state index in [9.17, 15) is 4.79 Å². The van der Waals surface area contributed by atoms with E-state index >= 15 is 0 Å². The predicted octanol–water partition coefficient (Wildman–Crippen LogP) is 2.02. The van der Waals surface area contributed by atoms with Gasteiger partial charge in [-0.15, -0.1) is 0 Å². The lowest BCUT2D eigenvalue weighted by Crippen LogP contribution is -2.25. The van der Waals surface area contributed by atoms with E-state index in [1.54, 1.807) is 0 Å². The van der Waals surface area contributed by atoms with Gasteiger partial charge >= 0.3 is 0 Å². The Morgan fingerprint density at radius 3 is 2.83 bits per heavy atom. The molecule has 18 heavy (non-hydrogen) atoms. The lowest BCUT2D eigenvalue weighted by Gasteiger charge is -2.17. The maximum Gasteiger partial charge on any atom is 0.220 e. The van der Waals surface area contributed by atoms with E-state index < -0.39 is 0 Å². The Morgan fingerprint density at radius 1 is 1.44 bits per heavy atom. The van der Waals surface area contributed by atoms with Crippen molar-refractivity contribution in [1.82, 2.24) is 4.90 Å². The molecule has 1 aliphatic rings. The van der Waals surface area contributed by atoms with Crippen molar-refractivity contribution in [1.29, 1.82) is 0 Å². The first-order valence-electron chi connectivity index (χ1n) is 6.70. The molecule has 2 N–H and O–H groups in total. The van der Waals surface area contributed by atoms with Gasteiger partial charge in [-0.05, 0) is 30.9 Å². The number of primary amides is 1. The van der Waals surface area contributed by atoms with Crippen LogP contribution in [0.5, 0.6) is 0 Å². The minimum atomic E-state index is -0.170. The minimum Gasteiger partial charge on any atom is -0.369 e. The van der Waals surface area contributed by atoms with Gasteiger partial charge in [-0.2, -0.15) is 0 Å². The van der Waals surface area contributed by atoms with Crippen molar-refractivity contribution in [2.24, 2.45) is 17.6 Å². The number of amides is 1. The zero-order chi connectivity index (χ0) is 13.0. The Morgan fingerprint density at radius 2 is 2.17 bits per heavy atom. The number of nitrogens with zero attached hydrogens (tertiary/aromatic N) is 1. The van der Waals surface area contributed by atoms with Crippen molar-refractivity contribution in [3.8, 4) is 0 Å². The summed E-state index contributed by atoms with van der Waals surface area (Å²) in [6.07, 6.45) is 2.12. The largest absolute Gasteiger partial charge is 0.369 e. The molecule has 3 heteroatoms. The molecule has 0 bridgehead atoms. The second-order valence-corrected chi connectivity index (χ2v) is 5.41. The van der Waals surface area contributed by atoms with Crippen LogP contribution in [0, 0.1) is 11.8 Å². The van der Waals surface area contributed by atoms with Crippen molar-refractivity contribution in [2.75, 3.05) is 13.1 Å². The normalized spacial score (nSPS) is 21.9. The van der Waals surface area contributed by atoms with Crippen LogP contribution in [0.15, 0.2) is 30.3 Å². The van der Waals surface area contributed by atoms with Crippen LogP contribution in [0.1, 0.15) is 25.3 Å². The smallest absolute Gasteiger partial charge is 0.220 e. The molecule has 0 spiro atoms. The summed E-state index contributed by atoms with van der Waals surface area (Å²) in [5.74, 6) is 0.458. The summed E-state index contributed by atoms with van der Waals surface area (Å²) in [6, 6.07) is 10.5. The SMILES string of the molecule is CC(CC1CCN(Cc2ccccc2)C1)C(N)=O. The summed E-state index contributed by atoms with van der Waals surface area (Å²) in [6.45, 7) is 5.17. The Hall–Kier alpha value is -1.35. The summed E-state index contributed by atoms with van der Waals surface area (Å²) in [5.41, 5.74) is 6.68. The number of hydrogen-bond acceptors (Lipinski definition) is 2. The lowest BCUT2D eigenvalue weighted by molar-refractivity contribution is -0.121. The zero-order valence-corrected chi connectivity index (χ0v) is 11.0. The van der Waals surface area contributed by atoms with Crippen molar-refractivity contribution >= 4 is 5.91 Å². The van der Waals surface area contributed by atoms with Crippen LogP contribution < -0.4 is 5.73 Å². The quantitative estimate of drug-likeness (QED) is 0.864. The fourth-order valence-electron chi connectivity index (χ4n) is 2.71. The third-order valence-electron chi connectivity index (χ3n) is 3.79. The van der Waals surface area contributed by atoms with Crippen LogP contribution in [0.25, 0.3) is 0 Å². The summed E-state index contributed by atoms with van der Waals surface area (Å²) >= 11 is 0. The molecule has 1 aromatic carbocycles. The van der Waals surface area contributed by atoms with E-state index in [2.05, 4.69) is 29.2 Å². The van der Waals surface area contributed by atoms with Gasteiger partial charge in [-0.1, -0.05) is 37.3 Å². The highest BCUT2D eigenvalue weighted by Crippen LogP contribution is 2.24. The minimum absolute atomic E-state index is 0.00618. The zero-order valence-electron chi connectivity index (χ0n) is 11.0. The van der Waals surface area contributed by atoms with Crippen LogP contribution in [0.4, 0.5) is 0 Å². The molecule has 2 unspecified atom stereocenters. The van der Waals surface area contributed by atoms with Crippen LogP contribution in [-0.4, -0.2) is 23.9 Å². The van der Waals surface area contributed by atoms with Crippen molar-refractivity contribution in [3.05, 3.63) is 35.9 Å². The Bertz CT molecular complexity index is 391. The molecule has 98 valence electrons. The molecule has 1 amide bonds. The molecule has 1 saturated heterocycles. The van der Waals surface area contributed by atoms with Crippen LogP contribution in [0.3, 0.4) is 0 Å². The molecule has 2 atom stereocenters. The van der Waals surface area contributed by atoms with Crippen molar-refractivity contribution in [3.63, 3.8) is 0 Å². The average molecular weight is 246 g/mol. The molecule has 2 rings (SSSR count). The van der Waals surface area contributed by atoms with Crippen molar-refractivity contribution in [2.45, 2.75) is 26.3 Å². The van der Waals surface area contributed by atoms with E-state index in [1.165, 1.54) is 12.0 Å². The highest BCUT2D eigenvalue weighted by molar-refractivity contribution is 5.76. The van der Waals surface area contributed by atoms with Gasteiger partial charge in [0, 0.05) is 19.0 Å². The van der Waals surface area contributed by atoms with Crippen LogP contribution in [0.2, 0.25) is 0 Å². The number of benzene rings is 1. The molecule has 1 heterocycles. The van der Waals surface area contributed by atoms with E-state index in [0.29, 0.717) is 5.92 Å². The van der Waals surface area contributed by atoms with E-state index in [1.807, 2.05) is 13.0 Å². The molecule has 3 nitrogen and oxygen atoms in total. The van der Waals surface area contributed by atoms with Crippen LogP contribution in [-0.2, 0) is 11.3 Å². The summed E-state index contributed by atoms with van der Waals surface area (Å²) in [4.78, 5) is 13.5. The van der Waals surface area contributed by atoms with E-state index in [0.717, 1.165) is 26.1 Å². The molecule has 1 fully saturated rings. The Balaban J connectivity index is 1.80. The molecule has 1 aromatic rings. The number of hydrogen-bond donors (Lipinski definition) is 1. The molecular weight excluding hydrogens is 224 g/mol. The van der Waals surface area contributed by atoms with E-state index in [4.69, 9.17) is 5.73 Å². The van der Waals surface area contributed by atoms with Crippen LogP contribution >= 0.6 is 0 Å². The predicted molar refractivity (Wildman–Crippen MR) is 72.8 cm³/mol. The second-order valence-electron chi connectivity index (χ2n) is 5.41. The Kier molecular flexibility index (Phi) is 4.37. The molecule has 1 aliphatic heterocycles. The molecule has 0 radical (unpaired) electrons. The number of carbonyl (C=O) groups excluding carboxylic acids is 1. The van der Waals surface area contributed by atoms with Gasteiger partial charge in [0.25, 0.3) is 0 Å². The molecular formula is C15H22N2O. The maximum absolute atomic E-state index is 11.1. The topological polar surface area (TPSA) is 46.3 Å². The summed E-state index contributed by atoms with van der Waals surface area (Å²) < 4.78 is 0. The fraction of sp³-hybridized carbons (Fsp3) is 0.533. The van der Waals surface area contributed by atoms with Crippen molar-refractivity contribution < 1.29 is 4.79 Å². The number of nitrogens with two attached hydrogens (primary N) is 1. The van der Waals surface area contributed by atoms with Gasteiger partial charge in [0.2, 0.25) is 5.91 Å². The number of likely N-dealkylation sites (tertiary alicyclic amines) is 1. The first-order valence-corrected chi connectivity index (χ1v) is 6.70. The third-order valence-corrected chi connectivity index (χ3v) is 3.79. The Labute approximate surface area is 109 Å². The average Bonchev–Trinajstić information content (AvgIpc) is 2.77. The lowest BCUT2D eigenvalue weighted by atomic mass is 9.95. The number of carbonyl (C=O) groups is 1. The van der Waals surface area contributed by atoms with Gasteiger partial charge in [-0.25, -0.2) is 0 Å². The van der Waals surface area contributed by atoms with Gasteiger partial charge in [-0.3, -0.25) is 9.69 Å². The third kappa shape index (κ3) is 3.57. The highest BCUT2D eigenvalue weighted by atomic mass is 16.1. The molecule has 0 saturated carbocycles. The van der Waals surface area contributed by atoms with Gasteiger partial charge in [0.05, 0.1) is 0 Å². The maximum atomic E-state index is 11.1. The highest BCUT2D eigenvalue weighted by Gasteiger charge is 2.25. The number of rotatable bonds is 5. The first-order chi connectivity index (χ1) is 8.65. The summed E-state index contributed by atoms with van der Waals surface area (Å²) in [5, 5.41) is 0. The van der Waals surface area contributed by atoms with Gasteiger partial charge in [0.15, 0.2) is 0 Å². The standard InChI is InChI=1S/C15H22N2O/c1-12(15(16)18)9-14-7-8-17(11-14)10-13-5-3-2-4-6-13/h2-6,12,14H,7-11H2,1H3,(H2,16,18). The first kappa shape index (κ1) is 13.1. The molecule has 0 aromatic heterocycles. The molecule has 0 aliphatic carbocycles. The van der Waals surface area contributed by atoms with Gasteiger partial charge in [0.1, 0.15) is 0 Å².